The van der Waals surface area contributed by atoms with E-state index in [9.17, 15) is 9.59 Å². The van der Waals surface area contributed by atoms with E-state index in [1.54, 1.807) is 0 Å². The van der Waals surface area contributed by atoms with E-state index in [0.717, 1.165) is 0 Å². The van der Waals surface area contributed by atoms with Gasteiger partial charge in [-0.2, -0.15) is 0 Å². The lowest BCUT2D eigenvalue weighted by Gasteiger charge is -2.22. The summed E-state index contributed by atoms with van der Waals surface area (Å²) in [6.45, 7) is 3.06. The minimum absolute atomic E-state index is 0.558. The quantitative estimate of drug-likeness (QED) is 0.401. The van der Waals surface area contributed by atoms with Crippen LogP contribution in [-0.2, 0) is 4.79 Å². The Morgan fingerprint density at radius 1 is 1.31 bits per heavy atom. The molecular weight excluding hydrogens is 238 g/mol. The topological polar surface area (TPSA) is 49.4 Å². The maximum atomic E-state index is 11.5. The van der Waals surface area contributed by atoms with Crippen molar-refractivity contribution < 1.29 is 9.59 Å². The molecule has 7 heteroatoms. The second-order valence-corrected chi connectivity index (χ2v) is 5.38. The first-order chi connectivity index (χ1) is 5.66. The highest BCUT2D eigenvalue weighted by atomic mass is 35.6. The molecule has 1 aliphatic heterocycles. The number of hydrogen-bond acceptors (Lipinski definition) is 2. The second kappa shape index (κ2) is 2.90. The third kappa shape index (κ3) is 1.85. The average molecular weight is 245 g/mol. The Morgan fingerprint density at radius 3 is 1.92 bits per heavy atom. The number of imide groups is 1. The number of hydrogen-bond donors (Lipinski definition) is 1. The lowest BCUT2D eigenvalue weighted by molar-refractivity contribution is -0.130. The molecule has 1 aliphatic rings. The number of nitrogens with one attached hydrogen (secondary N) is 1. The van der Waals surface area contributed by atoms with Crippen molar-refractivity contribution in [3.05, 3.63) is 0 Å². The zero-order chi connectivity index (χ0) is 10.4. The summed E-state index contributed by atoms with van der Waals surface area (Å²) < 4.78 is -2.03. The maximum absolute atomic E-state index is 11.5. The molecule has 1 rings (SSSR count). The van der Waals surface area contributed by atoms with Crippen LogP contribution in [0.1, 0.15) is 13.8 Å². The van der Waals surface area contributed by atoms with Crippen LogP contribution in [0.15, 0.2) is 0 Å². The Balaban J connectivity index is 3.03. The van der Waals surface area contributed by atoms with Crippen molar-refractivity contribution >= 4 is 46.7 Å². The van der Waals surface area contributed by atoms with Crippen molar-refractivity contribution in [2.45, 2.75) is 23.3 Å². The third-order valence-corrected chi connectivity index (χ3v) is 2.12. The molecule has 0 atom stereocenters. The molecule has 1 N–H and O–H groups in total. The number of nitrogens with zero attached hydrogens (tertiary/aromatic N) is 1. The molecule has 0 aromatic heterocycles. The normalized spacial score (nSPS) is 22.1. The van der Waals surface area contributed by atoms with Crippen molar-refractivity contribution in [2.24, 2.45) is 0 Å². The Hall–Kier alpha value is -0.190. The number of amides is 3. The fourth-order valence-electron chi connectivity index (χ4n) is 0.979. The van der Waals surface area contributed by atoms with E-state index in [1.807, 2.05) is 0 Å². The number of carbonyl (C=O) groups is 2. The second-order valence-electron chi connectivity index (χ2n) is 3.16. The van der Waals surface area contributed by atoms with E-state index in [4.69, 9.17) is 34.8 Å². The lowest BCUT2D eigenvalue weighted by Crippen LogP contribution is -2.43. The van der Waals surface area contributed by atoms with E-state index in [0.29, 0.717) is 4.90 Å². The first-order valence-corrected chi connectivity index (χ1v) is 4.53. The highest BCUT2D eigenvalue weighted by molar-refractivity contribution is 6.68. The fourth-order valence-corrected chi connectivity index (χ4v) is 1.44. The molecule has 3 amide bonds. The van der Waals surface area contributed by atoms with Gasteiger partial charge in [0, 0.05) is 0 Å². The number of carbonyl (C=O) groups excluding carboxylic acids is 2. The van der Waals surface area contributed by atoms with Gasteiger partial charge in [-0.05, 0) is 13.8 Å². The van der Waals surface area contributed by atoms with Crippen LogP contribution in [0, 0.1) is 0 Å². The molecule has 4 nitrogen and oxygen atoms in total. The van der Waals surface area contributed by atoms with Crippen molar-refractivity contribution in [1.29, 1.82) is 0 Å². The van der Waals surface area contributed by atoms with Gasteiger partial charge >= 0.3 is 6.03 Å². The van der Waals surface area contributed by atoms with Crippen LogP contribution in [0.25, 0.3) is 0 Å². The van der Waals surface area contributed by atoms with Gasteiger partial charge in [-0.1, -0.05) is 34.8 Å². The van der Waals surface area contributed by atoms with Crippen LogP contribution in [0.2, 0.25) is 0 Å². The molecule has 1 saturated heterocycles. The molecule has 0 radical (unpaired) electrons. The van der Waals surface area contributed by atoms with Gasteiger partial charge in [-0.25, -0.2) is 9.69 Å². The Morgan fingerprint density at radius 2 is 1.77 bits per heavy atom. The molecule has 0 unspecified atom stereocenters. The molecule has 1 fully saturated rings. The van der Waals surface area contributed by atoms with E-state index in [-0.39, 0.29) is 0 Å². The molecule has 0 spiro atoms. The fraction of sp³-hybridized carbons (Fsp3) is 0.667. The SMILES string of the molecule is CC1(C)NC(=O)N(C(Cl)(Cl)Cl)C1=O. The van der Waals surface area contributed by atoms with E-state index in [2.05, 4.69) is 5.32 Å². The summed E-state index contributed by atoms with van der Waals surface area (Å²) >= 11 is 16.3. The number of halogens is 3. The van der Waals surface area contributed by atoms with Crippen LogP contribution in [-0.4, -0.2) is 26.3 Å². The molecule has 0 saturated carbocycles. The summed E-state index contributed by atoms with van der Waals surface area (Å²) in [4.78, 5) is 23.2. The molecule has 0 aromatic carbocycles. The van der Waals surface area contributed by atoms with Crippen LogP contribution in [0.4, 0.5) is 4.79 Å². The lowest BCUT2D eigenvalue weighted by atomic mass is 10.1. The van der Waals surface area contributed by atoms with Crippen molar-refractivity contribution in [1.82, 2.24) is 10.2 Å². The van der Waals surface area contributed by atoms with Crippen molar-refractivity contribution in [3.63, 3.8) is 0 Å². The van der Waals surface area contributed by atoms with E-state index < -0.39 is 21.4 Å². The highest BCUT2D eigenvalue weighted by Gasteiger charge is 2.52. The standard InChI is InChI=1S/C6H7Cl3N2O2/c1-5(2)3(12)11(4(13)10-5)6(7,8)9/h1-2H3,(H,10,13). The molecule has 13 heavy (non-hydrogen) atoms. The van der Waals surface area contributed by atoms with Gasteiger partial charge < -0.3 is 5.32 Å². The van der Waals surface area contributed by atoms with Gasteiger partial charge in [0.2, 0.25) is 0 Å². The Labute approximate surface area is 90.1 Å². The van der Waals surface area contributed by atoms with Crippen LogP contribution >= 0.6 is 34.8 Å². The smallest absolute Gasteiger partial charge is 0.324 e. The van der Waals surface area contributed by atoms with Gasteiger partial charge in [0.15, 0.2) is 0 Å². The minimum Gasteiger partial charge on any atom is -0.324 e. The number of alkyl halides is 3. The van der Waals surface area contributed by atoms with E-state index in [1.165, 1.54) is 13.8 Å². The average Bonchev–Trinajstić information content (AvgIpc) is 1.99. The number of urea groups is 1. The van der Waals surface area contributed by atoms with Crippen LogP contribution < -0.4 is 5.32 Å². The first-order valence-electron chi connectivity index (χ1n) is 3.40. The van der Waals surface area contributed by atoms with Gasteiger partial charge in [0.1, 0.15) is 5.54 Å². The molecule has 0 aromatic rings. The monoisotopic (exact) mass is 244 g/mol. The minimum atomic E-state index is -2.03. The summed E-state index contributed by atoms with van der Waals surface area (Å²) in [5.74, 6) is -0.558. The largest absolute Gasteiger partial charge is 0.328 e. The molecule has 0 aliphatic carbocycles. The van der Waals surface area contributed by atoms with Crippen LogP contribution in [0.5, 0.6) is 0 Å². The molecule has 0 bridgehead atoms. The summed E-state index contributed by atoms with van der Waals surface area (Å²) in [7, 11) is 0. The predicted octanol–water partition coefficient (Wildman–Crippen LogP) is 1.64. The predicted molar refractivity (Wildman–Crippen MR) is 49.7 cm³/mol. The third-order valence-electron chi connectivity index (χ3n) is 1.61. The first kappa shape index (κ1) is 10.9. The van der Waals surface area contributed by atoms with Gasteiger partial charge in [0.25, 0.3) is 9.82 Å². The van der Waals surface area contributed by atoms with Gasteiger partial charge in [-0.15, -0.1) is 0 Å². The zero-order valence-corrected chi connectivity index (χ0v) is 9.17. The van der Waals surface area contributed by atoms with E-state index >= 15 is 0 Å². The maximum Gasteiger partial charge on any atom is 0.328 e. The van der Waals surface area contributed by atoms with Crippen molar-refractivity contribution in [3.8, 4) is 0 Å². The highest BCUT2D eigenvalue weighted by Crippen LogP contribution is 2.35. The molecule has 1 heterocycles. The van der Waals surface area contributed by atoms with Crippen molar-refractivity contribution in [2.75, 3.05) is 0 Å². The molecule has 74 valence electrons. The van der Waals surface area contributed by atoms with Crippen LogP contribution in [0.3, 0.4) is 0 Å². The summed E-state index contributed by atoms with van der Waals surface area (Å²) in [5, 5.41) is 2.38. The number of rotatable bonds is 0. The molecular formula is C6H7Cl3N2O2. The Kier molecular flexibility index (Phi) is 2.43. The summed E-state index contributed by atoms with van der Waals surface area (Å²) in [5.41, 5.74) is -1.01. The summed E-state index contributed by atoms with van der Waals surface area (Å²) in [6, 6.07) is -0.699. The van der Waals surface area contributed by atoms with Gasteiger partial charge in [-0.3, -0.25) is 4.79 Å². The summed E-state index contributed by atoms with van der Waals surface area (Å²) in [6.07, 6.45) is 0. The Bertz CT molecular complexity index is 272. The zero-order valence-electron chi connectivity index (χ0n) is 6.90. The van der Waals surface area contributed by atoms with Gasteiger partial charge in [0.05, 0.1) is 0 Å².